The fraction of sp³-hybridized carbons (Fsp3) is 0.917. The van der Waals surface area contributed by atoms with Gasteiger partial charge in [0.2, 0.25) is 5.91 Å². The molecule has 1 aliphatic rings. The third-order valence-electron chi connectivity index (χ3n) is 2.94. The van der Waals surface area contributed by atoms with Crippen molar-refractivity contribution in [1.82, 2.24) is 9.80 Å². The Bertz CT molecular complexity index is 226. The Labute approximate surface area is 104 Å². The first-order valence-electron chi connectivity index (χ1n) is 6.45. The van der Waals surface area contributed by atoms with Crippen molar-refractivity contribution in [3.8, 4) is 0 Å². The van der Waals surface area contributed by atoms with Crippen LogP contribution in [-0.2, 0) is 9.53 Å². The van der Waals surface area contributed by atoms with E-state index >= 15 is 0 Å². The third-order valence-corrected chi connectivity index (χ3v) is 2.94. The summed E-state index contributed by atoms with van der Waals surface area (Å²) in [5.41, 5.74) is 5.38. The number of carbonyl (C=O) groups excluding carboxylic acids is 1. The highest BCUT2D eigenvalue weighted by Crippen LogP contribution is 2.03. The molecule has 0 unspecified atom stereocenters. The molecule has 0 aromatic heterocycles. The zero-order valence-corrected chi connectivity index (χ0v) is 11.0. The molecule has 1 heterocycles. The number of hydrogen-bond donors (Lipinski definition) is 1. The highest BCUT2D eigenvalue weighted by Gasteiger charge is 2.19. The van der Waals surface area contributed by atoms with Gasteiger partial charge in [-0.05, 0) is 13.8 Å². The van der Waals surface area contributed by atoms with Gasteiger partial charge in [0.05, 0.1) is 12.7 Å². The van der Waals surface area contributed by atoms with Crippen molar-refractivity contribution in [2.24, 2.45) is 5.73 Å². The number of rotatable bonds is 6. The molecular formula is C12H25N3O2. The molecule has 0 radical (unpaired) electrons. The summed E-state index contributed by atoms with van der Waals surface area (Å²) in [6, 6.07) is 0. The van der Waals surface area contributed by atoms with Crippen molar-refractivity contribution in [3.05, 3.63) is 0 Å². The van der Waals surface area contributed by atoms with Crippen molar-refractivity contribution in [3.63, 3.8) is 0 Å². The standard InChI is InChI=1S/C12H25N3O2/c1-11(2)17-10-9-14-5-7-15(8-6-14)12(16)3-4-13/h11H,3-10,13H2,1-2H3. The quantitative estimate of drug-likeness (QED) is 0.708. The number of nitrogens with two attached hydrogens (primary N) is 1. The summed E-state index contributed by atoms with van der Waals surface area (Å²) in [6.45, 7) is 9.79. The predicted octanol–water partition coefficient (Wildman–Crippen LogP) is -0.0956. The van der Waals surface area contributed by atoms with Gasteiger partial charge < -0.3 is 15.4 Å². The van der Waals surface area contributed by atoms with Crippen LogP contribution in [0.3, 0.4) is 0 Å². The van der Waals surface area contributed by atoms with Crippen LogP contribution in [0, 0.1) is 0 Å². The number of nitrogens with zero attached hydrogens (tertiary/aromatic N) is 2. The topological polar surface area (TPSA) is 58.8 Å². The second-order valence-electron chi connectivity index (χ2n) is 4.68. The molecule has 1 aliphatic heterocycles. The first-order valence-corrected chi connectivity index (χ1v) is 6.45. The van der Waals surface area contributed by atoms with E-state index in [1.807, 2.05) is 18.7 Å². The molecule has 1 rings (SSSR count). The van der Waals surface area contributed by atoms with Crippen molar-refractivity contribution in [1.29, 1.82) is 0 Å². The number of amides is 1. The number of ether oxygens (including phenoxy) is 1. The van der Waals surface area contributed by atoms with Crippen LogP contribution in [0.5, 0.6) is 0 Å². The van der Waals surface area contributed by atoms with Crippen LogP contribution in [0.25, 0.3) is 0 Å². The van der Waals surface area contributed by atoms with Gasteiger partial charge >= 0.3 is 0 Å². The van der Waals surface area contributed by atoms with Gasteiger partial charge in [-0.2, -0.15) is 0 Å². The molecule has 1 amide bonds. The van der Waals surface area contributed by atoms with E-state index in [-0.39, 0.29) is 5.91 Å². The zero-order valence-electron chi connectivity index (χ0n) is 11.0. The summed E-state index contributed by atoms with van der Waals surface area (Å²) in [4.78, 5) is 15.9. The fourth-order valence-electron chi connectivity index (χ4n) is 1.92. The molecule has 0 atom stereocenters. The predicted molar refractivity (Wildman–Crippen MR) is 67.8 cm³/mol. The molecule has 1 saturated heterocycles. The van der Waals surface area contributed by atoms with Gasteiger partial charge in [-0.15, -0.1) is 0 Å². The minimum atomic E-state index is 0.186. The molecule has 0 bridgehead atoms. The number of piperazine rings is 1. The average Bonchev–Trinajstić information content (AvgIpc) is 2.30. The van der Waals surface area contributed by atoms with Crippen LogP contribution in [0.15, 0.2) is 0 Å². The van der Waals surface area contributed by atoms with Crippen molar-refractivity contribution < 1.29 is 9.53 Å². The van der Waals surface area contributed by atoms with Gasteiger partial charge in [-0.25, -0.2) is 0 Å². The molecule has 0 aromatic carbocycles. The summed E-state index contributed by atoms with van der Waals surface area (Å²) < 4.78 is 5.52. The van der Waals surface area contributed by atoms with Crippen molar-refractivity contribution >= 4 is 5.91 Å². The highest BCUT2D eigenvalue weighted by atomic mass is 16.5. The van der Waals surface area contributed by atoms with Gasteiger partial charge in [-0.1, -0.05) is 0 Å². The minimum absolute atomic E-state index is 0.186. The second kappa shape index (κ2) is 7.63. The summed E-state index contributed by atoms with van der Waals surface area (Å²) in [5, 5.41) is 0. The smallest absolute Gasteiger partial charge is 0.223 e. The molecule has 0 aliphatic carbocycles. The zero-order chi connectivity index (χ0) is 12.7. The average molecular weight is 243 g/mol. The number of hydrogen-bond acceptors (Lipinski definition) is 4. The van der Waals surface area contributed by atoms with E-state index in [0.717, 1.165) is 39.3 Å². The van der Waals surface area contributed by atoms with Crippen molar-refractivity contribution in [2.45, 2.75) is 26.4 Å². The van der Waals surface area contributed by atoms with E-state index in [0.29, 0.717) is 19.1 Å². The van der Waals surface area contributed by atoms with Crippen LogP contribution in [0.1, 0.15) is 20.3 Å². The fourth-order valence-corrected chi connectivity index (χ4v) is 1.92. The molecule has 0 spiro atoms. The maximum Gasteiger partial charge on any atom is 0.223 e. The Morgan fingerprint density at radius 2 is 1.94 bits per heavy atom. The first-order chi connectivity index (χ1) is 8.13. The monoisotopic (exact) mass is 243 g/mol. The number of carbonyl (C=O) groups is 1. The van der Waals surface area contributed by atoms with Gasteiger partial charge in [0, 0.05) is 45.7 Å². The van der Waals surface area contributed by atoms with Crippen LogP contribution < -0.4 is 5.73 Å². The van der Waals surface area contributed by atoms with Gasteiger partial charge in [0.15, 0.2) is 0 Å². The molecule has 5 nitrogen and oxygen atoms in total. The van der Waals surface area contributed by atoms with E-state index in [9.17, 15) is 4.79 Å². The van der Waals surface area contributed by atoms with Crippen molar-refractivity contribution in [2.75, 3.05) is 45.9 Å². The van der Waals surface area contributed by atoms with Gasteiger partial charge in [-0.3, -0.25) is 9.69 Å². The van der Waals surface area contributed by atoms with Gasteiger partial charge in [0.25, 0.3) is 0 Å². The first kappa shape index (κ1) is 14.4. The van der Waals surface area contributed by atoms with Crippen LogP contribution in [0.4, 0.5) is 0 Å². The van der Waals surface area contributed by atoms with E-state index in [1.165, 1.54) is 0 Å². The van der Waals surface area contributed by atoms with E-state index in [4.69, 9.17) is 10.5 Å². The van der Waals surface area contributed by atoms with E-state index in [1.54, 1.807) is 0 Å². The molecule has 1 fully saturated rings. The Morgan fingerprint density at radius 1 is 1.29 bits per heavy atom. The molecule has 0 saturated carbocycles. The molecule has 100 valence electrons. The van der Waals surface area contributed by atoms with E-state index < -0.39 is 0 Å². The Kier molecular flexibility index (Phi) is 6.47. The largest absolute Gasteiger partial charge is 0.377 e. The Hall–Kier alpha value is -0.650. The normalized spacial score (nSPS) is 17.8. The summed E-state index contributed by atoms with van der Waals surface area (Å²) in [5.74, 6) is 0.186. The van der Waals surface area contributed by atoms with Gasteiger partial charge in [0.1, 0.15) is 0 Å². The molecule has 17 heavy (non-hydrogen) atoms. The maximum atomic E-state index is 11.6. The summed E-state index contributed by atoms with van der Waals surface area (Å²) in [7, 11) is 0. The Balaban J connectivity index is 2.15. The summed E-state index contributed by atoms with van der Waals surface area (Å²) >= 11 is 0. The molecule has 5 heteroatoms. The SMILES string of the molecule is CC(C)OCCN1CCN(C(=O)CCN)CC1. The highest BCUT2D eigenvalue weighted by molar-refractivity contribution is 5.76. The lowest BCUT2D eigenvalue weighted by atomic mass is 10.3. The lowest BCUT2D eigenvalue weighted by molar-refractivity contribution is -0.132. The van der Waals surface area contributed by atoms with Crippen LogP contribution in [0.2, 0.25) is 0 Å². The molecular weight excluding hydrogens is 218 g/mol. The lowest BCUT2D eigenvalue weighted by Crippen LogP contribution is -2.49. The molecule has 0 aromatic rings. The summed E-state index contributed by atoms with van der Waals surface area (Å²) in [6.07, 6.45) is 0.763. The second-order valence-corrected chi connectivity index (χ2v) is 4.68. The minimum Gasteiger partial charge on any atom is -0.377 e. The third kappa shape index (κ3) is 5.48. The maximum absolute atomic E-state index is 11.6. The Morgan fingerprint density at radius 3 is 2.47 bits per heavy atom. The van der Waals surface area contributed by atoms with Crippen LogP contribution in [-0.4, -0.2) is 67.7 Å². The lowest BCUT2D eigenvalue weighted by Gasteiger charge is -2.34. The van der Waals surface area contributed by atoms with E-state index in [2.05, 4.69) is 4.90 Å². The molecule has 2 N–H and O–H groups in total. The van der Waals surface area contributed by atoms with Crippen LogP contribution >= 0.6 is 0 Å².